The molecule has 0 aromatic carbocycles. The summed E-state index contributed by atoms with van der Waals surface area (Å²) in [6.45, 7) is 0.611. The van der Waals surface area contributed by atoms with Crippen molar-refractivity contribution in [3.8, 4) is 0 Å². The van der Waals surface area contributed by atoms with Gasteiger partial charge in [0.1, 0.15) is 0 Å². The van der Waals surface area contributed by atoms with Crippen LogP contribution >= 0.6 is 0 Å². The second kappa shape index (κ2) is 2.78. The van der Waals surface area contributed by atoms with Crippen LogP contribution in [0, 0.1) is 0 Å². The Labute approximate surface area is 41.8 Å². The van der Waals surface area contributed by atoms with Gasteiger partial charge in [-0.25, -0.2) is 0 Å². The molecule has 0 aliphatic carbocycles. The molecule has 28 valence electrons. The van der Waals surface area contributed by atoms with E-state index in [9.17, 15) is 0 Å². The van der Waals surface area contributed by atoms with E-state index in [-0.39, 0.29) is 4.60 Å². The first-order chi connectivity index (χ1) is 2.27. The van der Waals surface area contributed by atoms with Gasteiger partial charge in [-0.3, -0.25) is 0 Å². The molecule has 0 heterocycles. The first-order valence-electron chi connectivity index (χ1n) is 1.48. The molecule has 3 heteroatoms. The molecule has 0 spiro atoms. The standard InChI is InChI=1S/C2H7N2.Ga/c3-1-2-4;/h1H,2-4H2;. The van der Waals surface area contributed by atoms with Gasteiger partial charge in [0.05, 0.1) is 0 Å². The fourth-order valence-corrected chi connectivity index (χ4v) is 0. The van der Waals surface area contributed by atoms with Crippen LogP contribution in [0.2, 0.25) is 0 Å². The van der Waals surface area contributed by atoms with Crippen LogP contribution in [0.3, 0.4) is 0 Å². The maximum absolute atomic E-state index is 5.19. The summed E-state index contributed by atoms with van der Waals surface area (Å²) in [4.78, 5) is 0. The molecule has 0 amide bonds. The molecule has 0 aliphatic rings. The van der Waals surface area contributed by atoms with Crippen LogP contribution < -0.4 is 11.5 Å². The van der Waals surface area contributed by atoms with E-state index in [0.717, 1.165) is 0 Å². The van der Waals surface area contributed by atoms with Crippen LogP contribution in [0.25, 0.3) is 0 Å². The number of hydrogen-bond acceptors (Lipinski definition) is 2. The van der Waals surface area contributed by atoms with Crippen molar-refractivity contribution in [1.29, 1.82) is 0 Å². The molecule has 1 unspecified atom stereocenters. The second-order valence-corrected chi connectivity index (χ2v) is 2.70. The summed E-state index contributed by atoms with van der Waals surface area (Å²) in [5.41, 5.74) is 10.3. The van der Waals surface area contributed by atoms with Crippen molar-refractivity contribution in [3.05, 3.63) is 0 Å². The summed E-state index contributed by atoms with van der Waals surface area (Å²) < 4.78 is 0.225. The van der Waals surface area contributed by atoms with Gasteiger partial charge in [0.2, 0.25) is 0 Å². The molecule has 0 bridgehead atoms. The first-order valence-corrected chi connectivity index (χ1v) is 2.88. The molecule has 0 rings (SSSR count). The predicted molar refractivity (Wildman–Crippen MR) is 22.8 cm³/mol. The molecule has 1 atom stereocenters. The Bertz CT molecular complexity index is 21.6. The Morgan fingerprint density at radius 3 is 2.00 bits per heavy atom. The Hall–Kier alpha value is 0.556. The quantitative estimate of drug-likeness (QED) is 0.418. The average molecular weight is 129 g/mol. The summed E-state index contributed by atoms with van der Waals surface area (Å²) in [6.07, 6.45) is 0. The minimum absolute atomic E-state index is 0.225. The van der Waals surface area contributed by atoms with Crippen molar-refractivity contribution in [2.75, 3.05) is 6.54 Å². The van der Waals surface area contributed by atoms with E-state index < -0.39 is 0 Å². The van der Waals surface area contributed by atoms with Gasteiger partial charge in [-0.2, -0.15) is 0 Å². The Morgan fingerprint density at radius 1 is 1.80 bits per heavy atom. The van der Waals surface area contributed by atoms with E-state index in [0.29, 0.717) is 6.54 Å². The topological polar surface area (TPSA) is 52.0 Å². The molecule has 2 radical (unpaired) electrons. The summed E-state index contributed by atoms with van der Waals surface area (Å²) in [7, 11) is 0. The molecule has 5 heavy (non-hydrogen) atoms. The van der Waals surface area contributed by atoms with E-state index in [1.807, 2.05) is 0 Å². The Kier molecular flexibility index (Phi) is 3.08. The van der Waals surface area contributed by atoms with Gasteiger partial charge < -0.3 is 0 Å². The number of hydrogen-bond donors (Lipinski definition) is 2. The van der Waals surface area contributed by atoms with E-state index in [1.54, 1.807) is 0 Å². The first kappa shape index (κ1) is 5.56. The molecule has 0 saturated carbocycles. The van der Waals surface area contributed by atoms with Crippen molar-refractivity contribution in [1.82, 2.24) is 0 Å². The maximum atomic E-state index is 5.19. The number of rotatable bonds is 1. The zero-order valence-electron chi connectivity index (χ0n) is 3.02. The molecule has 0 aromatic heterocycles. The van der Waals surface area contributed by atoms with Crippen molar-refractivity contribution in [2.24, 2.45) is 11.5 Å². The van der Waals surface area contributed by atoms with Crippen LogP contribution in [0.1, 0.15) is 0 Å². The third kappa shape index (κ3) is 4.56. The van der Waals surface area contributed by atoms with Crippen molar-refractivity contribution < 1.29 is 0 Å². The van der Waals surface area contributed by atoms with Crippen LogP contribution in [-0.2, 0) is 0 Å². The van der Waals surface area contributed by atoms with Crippen LogP contribution in [0.5, 0.6) is 0 Å². The molecule has 2 nitrogen and oxygen atoms in total. The molecular weight excluding hydrogens is 122 g/mol. The zero-order valence-corrected chi connectivity index (χ0v) is 5.44. The molecule has 0 saturated heterocycles. The Morgan fingerprint density at radius 2 is 2.00 bits per heavy atom. The van der Waals surface area contributed by atoms with Crippen molar-refractivity contribution >= 4 is 18.6 Å². The summed E-state index contributed by atoms with van der Waals surface area (Å²) in [5.74, 6) is 0. The van der Waals surface area contributed by atoms with Crippen LogP contribution in [0.15, 0.2) is 0 Å². The average Bonchev–Trinajstić information content (AvgIpc) is 1.38. The monoisotopic (exact) mass is 128 g/mol. The van der Waals surface area contributed by atoms with Gasteiger partial charge in [0.25, 0.3) is 0 Å². The molecule has 0 aliphatic heterocycles. The summed E-state index contributed by atoms with van der Waals surface area (Å²) >= 11 is 1.49. The van der Waals surface area contributed by atoms with Gasteiger partial charge in [0, 0.05) is 0 Å². The van der Waals surface area contributed by atoms with Gasteiger partial charge in [-0.1, -0.05) is 0 Å². The van der Waals surface area contributed by atoms with Gasteiger partial charge in [-0.15, -0.1) is 0 Å². The SMILES string of the molecule is NC[CH](N)[Ga]. The van der Waals surface area contributed by atoms with Crippen molar-refractivity contribution in [2.45, 2.75) is 4.60 Å². The van der Waals surface area contributed by atoms with E-state index >= 15 is 0 Å². The van der Waals surface area contributed by atoms with E-state index in [1.165, 1.54) is 18.6 Å². The van der Waals surface area contributed by atoms with Gasteiger partial charge in [0.15, 0.2) is 0 Å². The van der Waals surface area contributed by atoms with Gasteiger partial charge >= 0.3 is 41.2 Å². The second-order valence-electron chi connectivity index (χ2n) is 0.900. The predicted octanol–water partition coefficient (Wildman–Crippen LogP) is -1.60. The summed E-state index contributed by atoms with van der Waals surface area (Å²) in [5, 5.41) is 0. The third-order valence-corrected chi connectivity index (χ3v) is 0.843. The normalized spacial score (nSPS) is 14.8. The molecule has 0 aromatic rings. The third-order valence-electron chi connectivity index (χ3n) is 0.272. The van der Waals surface area contributed by atoms with Crippen molar-refractivity contribution in [3.63, 3.8) is 0 Å². The van der Waals surface area contributed by atoms with Crippen LogP contribution in [-0.4, -0.2) is 29.7 Å². The van der Waals surface area contributed by atoms with E-state index in [2.05, 4.69) is 0 Å². The van der Waals surface area contributed by atoms with E-state index in [4.69, 9.17) is 11.5 Å². The molecule has 0 fully saturated rings. The zero-order chi connectivity index (χ0) is 4.28. The number of nitrogens with two attached hydrogens (primary N) is 2. The molecule has 4 N–H and O–H groups in total. The molecular formula is C2H7GaN2. The summed E-state index contributed by atoms with van der Waals surface area (Å²) in [6, 6.07) is 0. The fourth-order valence-electron chi connectivity index (χ4n) is 0. The Balaban J connectivity index is 2.54. The fraction of sp³-hybridized carbons (Fsp3) is 1.00. The van der Waals surface area contributed by atoms with Gasteiger partial charge in [-0.05, 0) is 0 Å². The minimum atomic E-state index is 0.225. The van der Waals surface area contributed by atoms with Crippen LogP contribution in [0.4, 0.5) is 0 Å².